The number of thioether (sulfide) groups is 1. The summed E-state index contributed by atoms with van der Waals surface area (Å²) in [6.07, 6.45) is 13.1. The number of fused-ring (bicyclic) bond motifs is 15. The molecule has 618 valence electrons. The zero-order valence-corrected chi connectivity index (χ0v) is 75.0. The number of benzene rings is 12. The minimum absolute atomic E-state index is 0.0495. The average molecular weight is 1640 g/mol. The standard InChI is InChI=1S/C31H35N2.C21H19N2.C17H15N2.C15H17N3.C15H15NO.C11H13NS/c1-20(2)17-23-12-10-13-24(18-21(3)4)30(23)28-19-32(6)31-29-22(5)11-9-15-26(29)25-14-7-8-16-27(25)33(28)31;1-16-10-6-7-13-18(16)21-22(2)19-14-8-9-15-20(19)23(21)17-11-4-3-5-12-17;1-12-6-5-8-14-13-7-3-4-9-15(13)19-11-10-18(2)17(19)16(12)14;1-11-7-4-5-8-13(11)18-12(2)17(3)15-14(18)9-6-10-16-15;1-11-7-3-4-8-13(11)16-12(2)17-15-10-6-5-9-14(15)16;1-9-5-3-4-6-11(9)12-7-8-13-10(12)2/h7-16,19-21H,17-18H2,1-6H3;3-15H,1-2H3;3-11H,1-2H3;4-10,12H,1-3H3;3-10,12H,1-2H3;3-8,10H,1-2H3/q3*+1;;;/t;;;2*12-;10-/m...011/s1. The van der Waals surface area contributed by atoms with Gasteiger partial charge in [0.1, 0.15) is 47.2 Å². The zero-order valence-electron chi connectivity index (χ0n) is 74.2. The maximum Gasteiger partial charge on any atom is 0.295 e. The number of ether oxygens (including phenoxy) is 1. The molecule has 3 aliphatic heterocycles. The van der Waals surface area contributed by atoms with Gasteiger partial charge in [0.25, 0.3) is 17.1 Å². The summed E-state index contributed by atoms with van der Waals surface area (Å²) < 4.78 is 19.8. The number of hydrogen-bond donors (Lipinski definition) is 0. The lowest BCUT2D eigenvalue weighted by atomic mass is 9.89. The molecule has 0 aliphatic carbocycles. The summed E-state index contributed by atoms with van der Waals surface area (Å²) in [4.78, 5) is 13.6. The van der Waals surface area contributed by atoms with Crippen LogP contribution in [-0.4, -0.2) is 43.2 Å². The fourth-order valence-corrected chi connectivity index (χ4v) is 19.1. The lowest BCUT2D eigenvalue weighted by Gasteiger charge is -2.28. The first-order chi connectivity index (χ1) is 59.7. The quantitative estimate of drug-likeness (QED) is 0.0999. The van der Waals surface area contributed by atoms with Crippen LogP contribution in [0.15, 0.2) is 328 Å². The predicted octanol–water partition coefficient (Wildman–Crippen LogP) is 25.8. The van der Waals surface area contributed by atoms with Crippen molar-refractivity contribution >= 4 is 112 Å². The molecule has 9 heterocycles. The van der Waals surface area contributed by atoms with Crippen LogP contribution in [0.2, 0.25) is 0 Å². The fourth-order valence-electron chi connectivity index (χ4n) is 18.4. The van der Waals surface area contributed by atoms with Gasteiger partial charge in [0.05, 0.1) is 54.2 Å². The lowest BCUT2D eigenvalue weighted by molar-refractivity contribution is -0.643. The van der Waals surface area contributed by atoms with Gasteiger partial charge in [0, 0.05) is 63.6 Å². The Balaban J connectivity index is 0.000000112. The Kier molecular flexibility index (Phi) is 24.6. The van der Waals surface area contributed by atoms with Crippen LogP contribution in [-0.2, 0) is 34.0 Å². The zero-order chi connectivity index (χ0) is 85.9. The van der Waals surface area contributed by atoms with Gasteiger partial charge in [0.2, 0.25) is 0 Å². The maximum absolute atomic E-state index is 5.85. The van der Waals surface area contributed by atoms with Gasteiger partial charge in [-0.15, -0.1) is 11.8 Å². The van der Waals surface area contributed by atoms with Gasteiger partial charge in [-0.3, -0.25) is 0 Å². The van der Waals surface area contributed by atoms with Crippen LogP contribution in [0.5, 0.6) is 5.75 Å². The Morgan fingerprint density at radius 1 is 0.447 bits per heavy atom. The van der Waals surface area contributed by atoms with E-state index < -0.39 is 0 Å². The van der Waals surface area contributed by atoms with Gasteiger partial charge in [-0.2, -0.15) is 13.4 Å². The third kappa shape index (κ3) is 16.4. The predicted molar refractivity (Wildman–Crippen MR) is 519 cm³/mol. The minimum atomic E-state index is 0.0495. The Hall–Kier alpha value is -13.2. The Labute approximate surface area is 730 Å². The largest absolute Gasteiger partial charge is 0.468 e. The van der Waals surface area contributed by atoms with Crippen molar-refractivity contribution < 1.29 is 18.4 Å². The molecule has 13 heteroatoms. The molecule has 0 bridgehead atoms. The molecular formula is C110H114N11OS+3. The normalized spacial score (nSPS) is 14.4. The SMILES string of the molecule is Cc1cccc2c3ccccc3n3c(-c4c(CC(C)C)cccc4CC(C)C)c[n+](C)c3c12.Cc1cccc2c3ccccc3n3cc[n+](C)c3c12.Cc1ccccc1-c1n(-c2ccccc2)c2ccccc2[n+]1C.Cc1ccccc1N1C=CS[C@@H]1C.Cc1ccccc1N1c2ccccc2O[C@@H]1C.Cc1ccccc1N1c2cccnc2N(C)[C@@H]1C. The summed E-state index contributed by atoms with van der Waals surface area (Å²) in [6, 6.07) is 103. The Bertz CT molecular complexity index is 6880. The highest BCUT2D eigenvalue weighted by atomic mass is 32.2. The molecule has 0 N–H and O–H groups in total. The molecule has 3 aliphatic rings. The Morgan fingerprint density at radius 2 is 0.943 bits per heavy atom. The fraction of sp³-hybridized carbons (Fsp3) is 0.218. The molecule has 3 atom stereocenters. The van der Waals surface area contributed by atoms with Crippen LogP contribution in [0.4, 0.5) is 34.3 Å². The molecule has 12 aromatic carbocycles. The number of anilines is 6. The van der Waals surface area contributed by atoms with Crippen molar-refractivity contribution in [2.45, 2.75) is 121 Å². The molecule has 123 heavy (non-hydrogen) atoms. The summed E-state index contributed by atoms with van der Waals surface area (Å²) in [6.45, 7) is 28.8. The number of para-hydroxylation sites is 10. The molecule has 0 radical (unpaired) electrons. The van der Waals surface area contributed by atoms with E-state index in [0.717, 1.165) is 30.1 Å². The van der Waals surface area contributed by atoms with Crippen molar-refractivity contribution in [1.29, 1.82) is 0 Å². The average Bonchev–Trinajstić information content (AvgIpc) is 1.58. The van der Waals surface area contributed by atoms with Crippen molar-refractivity contribution in [2.75, 3.05) is 26.6 Å². The van der Waals surface area contributed by atoms with Gasteiger partial charge in [-0.1, -0.05) is 234 Å². The first-order valence-corrected chi connectivity index (χ1v) is 44.2. The minimum Gasteiger partial charge on any atom is -0.468 e. The van der Waals surface area contributed by atoms with Gasteiger partial charge in [-0.05, 0) is 222 Å². The first kappa shape index (κ1) is 83.4. The number of aromatic nitrogens is 7. The third-order valence-electron chi connectivity index (χ3n) is 24.3. The molecule has 21 rings (SSSR count). The molecule has 6 aromatic heterocycles. The molecule has 0 amide bonds. The van der Waals surface area contributed by atoms with E-state index in [2.05, 4.69) is 467 Å². The number of rotatable bonds is 10. The van der Waals surface area contributed by atoms with Gasteiger partial charge >= 0.3 is 0 Å². The third-order valence-corrected chi connectivity index (χ3v) is 25.2. The second kappa shape index (κ2) is 36.2. The van der Waals surface area contributed by atoms with Crippen molar-refractivity contribution in [1.82, 2.24) is 18.4 Å². The van der Waals surface area contributed by atoms with Crippen LogP contribution in [0.3, 0.4) is 0 Å². The Morgan fingerprint density at radius 3 is 1.55 bits per heavy atom. The van der Waals surface area contributed by atoms with E-state index in [1.54, 1.807) is 0 Å². The summed E-state index contributed by atoms with van der Waals surface area (Å²) in [5.74, 6) is 4.43. The first-order valence-electron chi connectivity index (χ1n) is 43.3. The molecule has 0 saturated heterocycles. The van der Waals surface area contributed by atoms with E-state index >= 15 is 0 Å². The molecular weight excluding hydrogens is 1520 g/mol. The monoisotopic (exact) mass is 1640 g/mol. The highest BCUT2D eigenvalue weighted by Crippen LogP contribution is 2.46. The van der Waals surface area contributed by atoms with E-state index in [-0.39, 0.29) is 12.4 Å². The van der Waals surface area contributed by atoms with Crippen molar-refractivity contribution in [3.8, 4) is 34.1 Å². The van der Waals surface area contributed by atoms with E-state index in [0.29, 0.717) is 17.2 Å². The van der Waals surface area contributed by atoms with Gasteiger partial charge in [0.15, 0.2) is 28.8 Å². The van der Waals surface area contributed by atoms with Crippen LogP contribution < -0.4 is 38.0 Å². The highest BCUT2D eigenvalue weighted by molar-refractivity contribution is 8.03. The summed E-state index contributed by atoms with van der Waals surface area (Å²) in [5.41, 5.74) is 29.5. The highest BCUT2D eigenvalue weighted by Gasteiger charge is 2.35. The smallest absolute Gasteiger partial charge is 0.295 e. The van der Waals surface area contributed by atoms with Gasteiger partial charge < -0.3 is 24.3 Å². The van der Waals surface area contributed by atoms with Crippen LogP contribution >= 0.6 is 11.8 Å². The van der Waals surface area contributed by atoms with Gasteiger partial charge in [-0.25, -0.2) is 18.7 Å². The van der Waals surface area contributed by atoms with Crippen molar-refractivity contribution in [3.63, 3.8) is 0 Å². The lowest BCUT2D eigenvalue weighted by Crippen LogP contribution is -2.36. The second-order valence-electron chi connectivity index (χ2n) is 33.7. The number of aryl methyl sites for hydroxylation is 9. The van der Waals surface area contributed by atoms with E-state index in [9.17, 15) is 0 Å². The topological polar surface area (TPSA) is 60.5 Å². The van der Waals surface area contributed by atoms with Crippen molar-refractivity contribution in [3.05, 3.63) is 372 Å². The molecule has 0 unspecified atom stereocenters. The van der Waals surface area contributed by atoms with E-state index in [1.807, 2.05) is 42.2 Å². The van der Waals surface area contributed by atoms with Crippen molar-refractivity contribution in [2.24, 2.45) is 33.0 Å². The summed E-state index contributed by atoms with van der Waals surface area (Å²) in [5, 5.41) is 10.6. The van der Waals surface area contributed by atoms with E-state index in [1.165, 1.54) is 161 Å². The molecule has 12 nitrogen and oxygen atoms in total. The molecule has 0 saturated carbocycles. The number of pyridine rings is 3. The number of hydrogen-bond acceptors (Lipinski definition) is 7. The van der Waals surface area contributed by atoms with Crippen LogP contribution in [0.25, 0.3) is 94.0 Å². The maximum atomic E-state index is 5.85. The molecule has 0 fully saturated rings. The molecule has 18 aromatic rings. The summed E-state index contributed by atoms with van der Waals surface area (Å²) in [7, 11) is 8.54. The van der Waals surface area contributed by atoms with Crippen LogP contribution in [0.1, 0.15) is 93.0 Å². The summed E-state index contributed by atoms with van der Waals surface area (Å²) >= 11 is 1.85. The van der Waals surface area contributed by atoms with E-state index in [4.69, 9.17) is 4.74 Å². The second-order valence-corrected chi connectivity index (χ2v) is 34.9. The number of imidazole rings is 3. The molecule has 0 spiro atoms. The number of nitrogens with zero attached hydrogens (tertiary/aromatic N) is 11. The van der Waals surface area contributed by atoms with Crippen LogP contribution in [0, 0.1) is 53.4 Å².